The zero-order valence-corrected chi connectivity index (χ0v) is 15.8. The van der Waals surface area contributed by atoms with Crippen LogP contribution in [0.1, 0.15) is 44.0 Å². The molecule has 1 N–H and O–H groups in total. The van der Waals surface area contributed by atoms with Crippen LogP contribution in [0.3, 0.4) is 0 Å². The summed E-state index contributed by atoms with van der Waals surface area (Å²) < 4.78 is 23.4. The fourth-order valence-corrected chi connectivity index (χ4v) is 3.86. The maximum atomic E-state index is 12.4. The zero-order chi connectivity index (χ0) is 16.4. The molecule has 0 saturated carbocycles. The van der Waals surface area contributed by atoms with Gasteiger partial charge in [-0.1, -0.05) is 41.4 Å². The molecule has 0 aliphatic heterocycles. The second-order valence-corrected chi connectivity index (χ2v) is 8.75. The highest BCUT2D eigenvalue weighted by Gasteiger charge is 2.26. The topological polar surface area (TPSA) is 63.2 Å². The molecule has 8 heteroatoms. The number of rotatable bonds is 5. The summed E-state index contributed by atoms with van der Waals surface area (Å²) in [7, 11) is 1.30. The van der Waals surface area contributed by atoms with E-state index in [0.717, 1.165) is 12.8 Å². The van der Waals surface area contributed by atoms with Crippen LogP contribution in [-0.2, 0) is 9.05 Å². The summed E-state index contributed by atoms with van der Waals surface area (Å²) in [6, 6.07) is 2.73. The van der Waals surface area contributed by atoms with Gasteiger partial charge in [0.15, 0.2) is 0 Å². The molecule has 0 heterocycles. The van der Waals surface area contributed by atoms with Crippen molar-refractivity contribution in [1.82, 2.24) is 5.32 Å². The van der Waals surface area contributed by atoms with Crippen LogP contribution in [0.15, 0.2) is 21.5 Å². The highest BCUT2D eigenvalue weighted by Crippen LogP contribution is 2.32. The molecule has 118 valence electrons. The summed E-state index contributed by atoms with van der Waals surface area (Å²) in [5, 5.41) is 2.69. The smallest absolute Gasteiger partial charge is 0.262 e. The van der Waals surface area contributed by atoms with Crippen LogP contribution in [0.2, 0.25) is 5.02 Å². The molecule has 1 aromatic carbocycles. The number of halogens is 3. The van der Waals surface area contributed by atoms with Gasteiger partial charge in [-0.2, -0.15) is 0 Å². The Balaban J connectivity index is 3.32. The minimum Gasteiger partial charge on any atom is -0.347 e. The molecule has 0 atom stereocenters. The summed E-state index contributed by atoms with van der Waals surface area (Å²) in [5.74, 6) is -0.436. The molecule has 0 unspecified atom stereocenters. The van der Waals surface area contributed by atoms with Crippen LogP contribution in [0.4, 0.5) is 0 Å². The largest absolute Gasteiger partial charge is 0.347 e. The van der Waals surface area contributed by atoms with Gasteiger partial charge in [0.05, 0.1) is 10.6 Å². The second kappa shape index (κ2) is 6.86. The molecule has 0 saturated heterocycles. The minimum absolute atomic E-state index is 0.0680. The van der Waals surface area contributed by atoms with E-state index in [1.54, 1.807) is 0 Å². The molecule has 1 rings (SSSR count). The van der Waals surface area contributed by atoms with Gasteiger partial charge in [0.1, 0.15) is 4.90 Å². The van der Waals surface area contributed by atoms with E-state index in [4.69, 9.17) is 22.3 Å². The van der Waals surface area contributed by atoms with Gasteiger partial charge in [-0.15, -0.1) is 0 Å². The number of carbonyl (C=O) groups excluding carboxylic acids is 1. The second-order valence-electron chi connectivity index (χ2n) is 4.93. The summed E-state index contributed by atoms with van der Waals surface area (Å²) in [4.78, 5) is 12.1. The van der Waals surface area contributed by atoms with E-state index < -0.39 is 15.0 Å². The Morgan fingerprint density at radius 3 is 2.29 bits per heavy atom. The Bertz CT molecular complexity index is 658. The van der Waals surface area contributed by atoms with Gasteiger partial charge in [0.25, 0.3) is 15.0 Å². The lowest BCUT2D eigenvalue weighted by Gasteiger charge is -2.28. The zero-order valence-electron chi connectivity index (χ0n) is 11.8. The van der Waals surface area contributed by atoms with Crippen LogP contribution in [0, 0.1) is 0 Å². The minimum atomic E-state index is -4.04. The number of hydrogen-bond acceptors (Lipinski definition) is 3. The lowest BCUT2D eigenvalue weighted by atomic mass is 9.95. The number of nitrogens with one attached hydrogen (secondary N) is 1. The highest BCUT2D eigenvalue weighted by molar-refractivity contribution is 9.10. The maximum Gasteiger partial charge on any atom is 0.262 e. The van der Waals surface area contributed by atoms with Crippen molar-refractivity contribution in [2.24, 2.45) is 0 Å². The van der Waals surface area contributed by atoms with Crippen molar-refractivity contribution < 1.29 is 13.2 Å². The lowest BCUT2D eigenvalue weighted by Crippen LogP contribution is -2.45. The Kier molecular flexibility index (Phi) is 6.12. The molecule has 0 aliphatic rings. The van der Waals surface area contributed by atoms with Gasteiger partial charge in [-0.3, -0.25) is 4.79 Å². The van der Waals surface area contributed by atoms with Gasteiger partial charge >= 0.3 is 0 Å². The Morgan fingerprint density at radius 2 is 1.86 bits per heavy atom. The van der Waals surface area contributed by atoms with E-state index in [2.05, 4.69) is 21.2 Å². The molecule has 0 fully saturated rings. The quantitative estimate of drug-likeness (QED) is 0.726. The molecule has 4 nitrogen and oxygen atoms in total. The first kappa shape index (κ1) is 18.7. The number of amides is 1. The summed E-state index contributed by atoms with van der Waals surface area (Å²) in [5.41, 5.74) is -0.318. The van der Waals surface area contributed by atoms with E-state index in [0.29, 0.717) is 4.47 Å². The van der Waals surface area contributed by atoms with Gasteiger partial charge in [-0.05, 0) is 31.9 Å². The molecular formula is C13H16BrCl2NO3S. The van der Waals surface area contributed by atoms with E-state index in [-0.39, 0.29) is 21.0 Å². The van der Waals surface area contributed by atoms with Crippen molar-refractivity contribution in [2.45, 2.75) is 44.0 Å². The van der Waals surface area contributed by atoms with Crippen molar-refractivity contribution in [3.05, 3.63) is 27.2 Å². The first-order valence-corrected chi connectivity index (χ1v) is 9.78. The van der Waals surface area contributed by atoms with Gasteiger partial charge in [0.2, 0.25) is 0 Å². The average molecular weight is 417 g/mol. The summed E-state index contributed by atoms with van der Waals surface area (Å²) in [6.07, 6.45) is 1.48. The van der Waals surface area contributed by atoms with Crippen molar-refractivity contribution in [2.75, 3.05) is 0 Å². The molecule has 1 aromatic rings. The summed E-state index contributed by atoms with van der Waals surface area (Å²) in [6.45, 7) is 5.83. The highest BCUT2D eigenvalue weighted by atomic mass is 79.9. The van der Waals surface area contributed by atoms with Crippen molar-refractivity contribution in [1.29, 1.82) is 0 Å². The SMILES string of the molecule is CCC(C)(CC)NC(=O)c1cc(Br)cc(S(=O)(=O)Cl)c1Cl. The van der Waals surface area contributed by atoms with Crippen LogP contribution in [-0.4, -0.2) is 19.9 Å². The van der Waals surface area contributed by atoms with E-state index >= 15 is 0 Å². The fourth-order valence-electron chi connectivity index (χ4n) is 1.68. The maximum absolute atomic E-state index is 12.4. The van der Waals surface area contributed by atoms with Gasteiger partial charge in [0, 0.05) is 20.7 Å². The van der Waals surface area contributed by atoms with Crippen LogP contribution in [0.5, 0.6) is 0 Å². The Morgan fingerprint density at radius 1 is 1.33 bits per heavy atom. The predicted molar refractivity (Wildman–Crippen MR) is 88.6 cm³/mol. The van der Waals surface area contributed by atoms with Gasteiger partial charge in [-0.25, -0.2) is 8.42 Å². The van der Waals surface area contributed by atoms with Crippen LogP contribution < -0.4 is 5.32 Å². The summed E-state index contributed by atoms with van der Waals surface area (Å²) >= 11 is 9.19. The molecule has 0 bridgehead atoms. The third-order valence-electron chi connectivity index (χ3n) is 3.49. The third kappa shape index (κ3) is 4.58. The molecular weight excluding hydrogens is 401 g/mol. The van der Waals surface area contributed by atoms with Gasteiger partial charge < -0.3 is 5.32 Å². The first-order chi connectivity index (χ1) is 9.54. The molecule has 21 heavy (non-hydrogen) atoms. The molecule has 0 aliphatic carbocycles. The Hall–Kier alpha value is -0.300. The first-order valence-electron chi connectivity index (χ1n) is 6.30. The molecule has 0 aromatic heterocycles. The predicted octanol–water partition coefficient (Wildman–Crippen LogP) is 4.34. The van der Waals surface area contributed by atoms with E-state index in [1.165, 1.54) is 12.1 Å². The average Bonchev–Trinajstić information content (AvgIpc) is 2.39. The number of carbonyl (C=O) groups is 1. The fraction of sp³-hybridized carbons (Fsp3) is 0.462. The monoisotopic (exact) mass is 415 g/mol. The molecule has 1 amide bonds. The molecule has 0 spiro atoms. The van der Waals surface area contributed by atoms with E-state index in [9.17, 15) is 13.2 Å². The van der Waals surface area contributed by atoms with Crippen molar-refractivity contribution in [3.8, 4) is 0 Å². The lowest BCUT2D eigenvalue weighted by molar-refractivity contribution is 0.0901. The Labute approximate surface area is 142 Å². The number of hydrogen-bond donors (Lipinski definition) is 1. The standard InChI is InChI=1S/C13H16BrCl2NO3S/c1-4-13(3,5-2)17-12(18)9-6-8(14)7-10(11(9)15)21(16,19)20/h6-7H,4-5H2,1-3H3,(H,17,18). The van der Waals surface area contributed by atoms with Crippen LogP contribution >= 0.6 is 38.2 Å². The third-order valence-corrected chi connectivity index (χ3v) is 5.81. The molecule has 0 radical (unpaired) electrons. The number of benzene rings is 1. The van der Waals surface area contributed by atoms with E-state index in [1.807, 2.05) is 20.8 Å². The normalized spacial score (nSPS) is 12.3. The van der Waals surface area contributed by atoms with Crippen LogP contribution in [0.25, 0.3) is 0 Å². The van der Waals surface area contributed by atoms with Crippen molar-refractivity contribution in [3.63, 3.8) is 0 Å². The van der Waals surface area contributed by atoms with Crippen molar-refractivity contribution >= 4 is 53.2 Å².